The van der Waals surface area contributed by atoms with Crippen LogP contribution in [0.1, 0.15) is 28.9 Å². The lowest BCUT2D eigenvalue weighted by atomic mass is 10.1. The summed E-state index contributed by atoms with van der Waals surface area (Å²) in [4.78, 5) is 28.9. The fraction of sp³-hybridized carbons (Fsp3) is 0.316. The van der Waals surface area contributed by atoms with Crippen LogP contribution in [0.15, 0.2) is 41.2 Å². The van der Waals surface area contributed by atoms with Crippen LogP contribution in [0.5, 0.6) is 5.75 Å². The van der Waals surface area contributed by atoms with Crippen LogP contribution in [0.3, 0.4) is 0 Å². The highest BCUT2D eigenvalue weighted by Crippen LogP contribution is 2.14. The Balaban J connectivity index is 1.54. The first-order chi connectivity index (χ1) is 12.6. The predicted octanol–water partition coefficient (Wildman–Crippen LogP) is 2.16. The smallest absolute Gasteiger partial charge is 0.274 e. The Morgan fingerprint density at radius 2 is 2.04 bits per heavy atom. The summed E-state index contributed by atoms with van der Waals surface area (Å²) in [6, 6.07) is 11.3. The number of carbonyl (C=O) groups is 1. The summed E-state index contributed by atoms with van der Waals surface area (Å²) in [7, 11) is 1.70. The van der Waals surface area contributed by atoms with Crippen LogP contribution < -0.4 is 15.6 Å². The number of nitrogens with one attached hydrogen (secondary N) is 2. The van der Waals surface area contributed by atoms with Gasteiger partial charge in [-0.2, -0.15) is 0 Å². The van der Waals surface area contributed by atoms with Crippen molar-refractivity contribution in [2.45, 2.75) is 19.8 Å². The summed E-state index contributed by atoms with van der Waals surface area (Å²) in [6.45, 7) is 2.91. The van der Waals surface area contributed by atoms with Crippen LogP contribution in [0, 0.1) is 6.92 Å². The zero-order valence-electron chi connectivity index (χ0n) is 14.9. The molecule has 0 radical (unpaired) electrons. The Hall–Kier alpha value is -3.09. The highest BCUT2D eigenvalue weighted by molar-refractivity contribution is 6.05. The molecule has 0 unspecified atom stereocenters. The molecule has 0 spiro atoms. The SMILES string of the molecule is Cc1cc(C(=O)NCCCCOc2ccccc2)c2c(=O)[nH]n(C)c2n1. The summed E-state index contributed by atoms with van der Waals surface area (Å²) >= 11 is 0. The van der Waals surface area contributed by atoms with Crippen molar-refractivity contribution in [2.75, 3.05) is 13.2 Å². The third-order valence-electron chi connectivity index (χ3n) is 4.06. The number of hydrogen-bond donors (Lipinski definition) is 2. The molecule has 3 aromatic rings. The lowest BCUT2D eigenvalue weighted by molar-refractivity contribution is 0.0953. The molecule has 0 aliphatic rings. The number of hydrogen-bond acceptors (Lipinski definition) is 4. The second-order valence-electron chi connectivity index (χ2n) is 6.13. The molecule has 0 atom stereocenters. The number of nitrogens with zero attached hydrogens (tertiary/aromatic N) is 2. The number of carbonyl (C=O) groups excluding carboxylic acids is 1. The van der Waals surface area contributed by atoms with Crippen molar-refractivity contribution >= 4 is 16.9 Å². The first kappa shape index (κ1) is 17.7. The standard InChI is InChI=1S/C19H22N4O3/c1-13-12-15(16-17(21-13)23(2)22-19(16)25)18(24)20-10-6-7-11-26-14-8-4-3-5-9-14/h3-5,8-9,12H,6-7,10-11H2,1-2H3,(H,20,24)(H,22,25). The molecule has 2 aromatic heterocycles. The lowest BCUT2D eigenvalue weighted by Gasteiger charge is -2.08. The molecule has 136 valence electrons. The average Bonchev–Trinajstić information content (AvgIpc) is 2.92. The zero-order valence-corrected chi connectivity index (χ0v) is 14.9. The second-order valence-corrected chi connectivity index (χ2v) is 6.13. The summed E-state index contributed by atoms with van der Waals surface area (Å²) in [5, 5.41) is 5.83. The van der Waals surface area contributed by atoms with Crippen molar-refractivity contribution in [2.24, 2.45) is 7.05 Å². The maximum absolute atomic E-state index is 12.5. The normalized spacial score (nSPS) is 10.8. The first-order valence-corrected chi connectivity index (χ1v) is 8.58. The quantitative estimate of drug-likeness (QED) is 0.636. The van der Waals surface area contributed by atoms with Gasteiger partial charge in [-0.25, -0.2) is 4.98 Å². The lowest BCUT2D eigenvalue weighted by Crippen LogP contribution is -2.26. The van der Waals surface area contributed by atoms with E-state index in [-0.39, 0.29) is 11.5 Å². The number of unbranched alkanes of at least 4 members (excludes halogenated alkanes) is 1. The van der Waals surface area contributed by atoms with E-state index in [1.165, 1.54) is 4.68 Å². The van der Waals surface area contributed by atoms with E-state index >= 15 is 0 Å². The number of H-pyrrole nitrogens is 1. The third-order valence-corrected chi connectivity index (χ3v) is 4.06. The molecule has 26 heavy (non-hydrogen) atoms. The Morgan fingerprint density at radius 3 is 2.81 bits per heavy atom. The van der Waals surface area contributed by atoms with Gasteiger partial charge >= 0.3 is 0 Å². The monoisotopic (exact) mass is 354 g/mol. The Kier molecular flexibility index (Phi) is 5.36. The van der Waals surface area contributed by atoms with Crippen molar-refractivity contribution in [3.63, 3.8) is 0 Å². The van der Waals surface area contributed by atoms with E-state index < -0.39 is 0 Å². The number of benzene rings is 1. The molecule has 0 aliphatic heterocycles. The predicted molar refractivity (Wildman–Crippen MR) is 99.6 cm³/mol. The van der Waals surface area contributed by atoms with E-state index in [9.17, 15) is 9.59 Å². The summed E-state index contributed by atoms with van der Waals surface area (Å²) in [5.74, 6) is 0.579. The van der Waals surface area contributed by atoms with Crippen molar-refractivity contribution < 1.29 is 9.53 Å². The van der Waals surface area contributed by atoms with E-state index in [4.69, 9.17) is 4.74 Å². The van der Waals surface area contributed by atoms with Crippen LogP contribution in [0.25, 0.3) is 11.0 Å². The molecular formula is C19H22N4O3. The molecule has 3 rings (SSSR count). The van der Waals surface area contributed by atoms with E-state index in [1.807, 2.05) is 30.3 Å². The van der Waals surface area contributed by atoms with Gasteiger partial charge < -0.3 is 10.1 Å². The Bertz CT molecular complexity index is 960. The number of aromatic amines is 1. The second kappa shape index (κ2) is 7.86. The molecule has 1 amide bonds. The fourth-order valence-electron chi connectivity index (χ4n) is 2.79. The van der Waals surface area contributed by atoms with Gasteiger partial charge in [0.15, 0.2) is 5.65 Å². The number of amides is 1. The first-order valence-electron chi connectivity index (χ1n) is 8.58. The van der Waals surface area contributed by atoms with Crippen LogP contribution in [-0.2, 0) is 7.05 Å². The van der Waals surface area contributed by atoms with Crippen molar-refractivity contribution in [1.29, 1.82) is 0 Å². The minimum Gasteiger partial charge on any atom is -0.494 e. The van der Waals surface area contributed by atoms with Gasteiger partial charge in [0.1, 0.15) is 5.75 Å². The molecule has 0 saturated heterocycles. The van der Waals surface area contributed by atoms with Crippen molar-refractivity contribution in [3.8, 4) is 5.75 Å². The number of pyridine rings is 1. The summed E-state index contributed by atoms with van der Waals surface area (Å²) in [5.41, 5.74) is 1.22. The molecule has 1 aromatic carbocycles. The van der Waals surface area contributed by atoms with Gasteiger partial charge in [0.05, 0.1) is 17.6 Å². The van der Waals surface area contributed by atoms with Crippen LogP contribution in [0.4, 0.5) is 0 Å². The number of ether oxygens (including phenoxy) is 1. The van der Waals surface area contributed by atoms with Gasteiger partial charge in [0.2, 0.25) is 0 Å². The minimum absolute atomic E-state index is 0.263. The van der Waals surface area contributed by atoms with Crippen molar-refractivity contribution in [3.05, 3.63) is 58.0 Å². The number of rotatable bonds is 7. The van der Waals surface area contributed by atoms with E-state index in [0.717, 1.165) is 18.6 Å². The van der Waals surface area contributed by atoms with Gasteiger partial charge in [-0.1, -0.05) is 18.2 Å². The van der Waals surface area contributed by atoms with E-state index in [0.29, 0.717) is 35.4 Å². The maximum atomic E-state index is 12.5. The van der Waals surface area contributed by atoms with Crippen LogP contribution in [-0.4, -0.2) is 33.8 Å². The molecule has 0 bridgehead atoms. The molecule has 2 heterocycles. The molecule has 2 N–H and O–H groups in total. The number of fused-ring (bicyclic) bond motifs is 1. The summed E-state index contributed by atoms with van der Waals surface area (Å²) < 4.78 is 7.15. The fourth-order valence-corrected chi connectivity index (χ4v) is 2.79. The van der Waals surface area contributed by atoms with Gasteiger partial charge in [-0.3, -0.25) is 19.4 Å². The van der Waals surface area contributed by atoms with E-state index in [2.05, 4.69) is 15.4 Å². The van der Waals surface area contributed by atoms with Crippen LogP contribution in [0.2, 0.25) is 0 Å². The van der Waals surface area contributed by atoms with Gasteiger partial charge in [-0.05, 0) is 38.0 Å². The largest absolute Gasteiger partial charge is 0.494 e. The Labute approximate surface area is 151 Å². The summed E-state index contributed by atoms with van der Waals surface area (Å²) in [6.07, 6.45) is 1.61. The van der Waals surface area contributed by atoms with Gasteiger partial charge in [0, 0.05) is 19.3 Å². The van der Waals surface area contributed by atoms with Gasteiger partial charge in [-0.15, -0.1) is 0 Å². The molecule has 0 saturated carbocycles. The highest BCUT2D eigenvalue weighted by Gasteiger charge is 2.17. The Morgan fingerprint density at radius 1 is 1.27 bits per heavy atom. The van der Waals surface area contributed by atoms with E-state index in [1.54, 1.807) is 20.0 Å². The zero-order chi connectivity index (χ0) is 18.5. The maximum Gasteiger partial charge on any atom is 0.274 e. The molecule has 0 aliphatic carbocycles. The highest BCUT2D eigenvalue weighted by atomic mass is 16.5. The topological polar surface area (TPSA) is 89.0 Å². The molecular weight excluding hydrogens is 332 g/mol. The van der Waals surface area contributed by atoms with Gasteiger partial charge in [0.25, 0.3) is 11.5 Å². The van der Waals surface area contributed by atoms with Crippen LogP contribution >= 0.6 is 0 Å². The minimum atomic E-state index is -0.309. The third kappa shape index (κ3) is 3.93. The molecule has 0 fully saturated rings. The number of aromatic nitrogens is 3. The average molecular weight is 354 g/mol. The number of aryl methyl sites for hydroxylation is 2. The number of para-hydroxylation sites is 1. The van der Waals surface area contributed by atoms with Crippen molar-refractivity contribution in [1.82, 2.24) is 20.1 Å². The molecule has 7 heteroatoms. The molecule has 7 nitrogen and oxygen atoms in total.